The van der Waals surface area contributed by atoms with Crippen LogP contribution in [0.4, 0.5) is 0 Å². The van der Waals surface area contributed by atoms with Crippen LogP contribution in [0.5, 0.6) is 17.2 Å². The molecule has 1 amide bonds. The van der Waals surface area contributed by atoms with Crippen LogP contribution in [0.2, 0.25) is 0 Å². The van der Waals surface area contributed by atoms with Gasteiger partial charge in [0.15, 0.2) is 18.1 Å². The minimum atomic E-state index is -0.351. The number of amides is 1. The number of hydrazone groups is 1. The Hall–Kier alpha value is -3.02. The van der Waals surface area contributed by atoms with Gasteiger partial charge in [0.2, 0.25) is 0 Å². The first-order valence-electron chi connectivity index (χ1n) is 7.37. The second kappa shape index (κ2) is 8.57. The highest BCUT2D eigenvalue weighted by atomic mass is 16.5. The fraction of sp³-hybridized carbons (Fsp3) is 0.222. The number of nitrogens with zero attached hydrogens (tertiary/aromatic N) is 1. The summed E-state index contributed by atoms with van der Waals surface area (Å²) in [5.41, 5.74) is 4.08. The Bertz CT molecular complexity index is 729. The maximum Gasteiger partial charge on any atom is 0.277 e. The molecule has 0 unspecified atom stereocenters. The Labute approximate surface area is 141 Å². The summed E-state index contributed by atoms with van der Waals surface area (Å²) in [5, 5.41) is 3.92. The van der Waals surface area contributed by atoms with Gasteiger partial charge < -0.3 is 14.2 Å². The van der Waals surface area contributed by atoms with E-state index in [0.717, 1.165) is 5.56 Å². The standard InChI is InChI=1S/C18H20N2O4/c1-13-7-4-5-9-15(13)24-12-17(21)20-19-11-14-8-6-10-16(22-2)18(14)23-3/h4-11H,12H2,1-3H3,(H,20,21)/b19-11-. The van der Waals surface area contributed by atoms with Crippen LogP contribution in [0.25, 0.3) is 0 Å². The maximum atomic E-state index is 11.8. The molecule has 0 saturated carbocycles. The first kappa shape index (κ1) is 17.3. The number of carbonyl (C=O) groups excluding carboxylic acids is 1. The molecular weight excluding hydrogens is 308 g/mol. The van der Waals surface area contributed by atoms with E-state index in [1.807, 2.05) is 37.3 Å². The van der Waals surface area contributed by atoms with Crippen LogP contribution in [0.15, 0.2) is 47.6 Å². The van der Waals surface area contributed by atoms with E-state index in [1.165, 1.54) is 6.21 Å². The van der Waals surface area contributed by atoms with E-state index in [9.17, 15) is 4.79 Å². The molecule has 0 aromatic heterocycles. The molecule has 6 nitrogen and oxygen atoms in total. The Balaban J connectivity index is 1.92. The van der Waals surface area contributed by atoms with Crippen molar-refractivity contribution in [2.75, 3.05) is 20.8 Å². The highest BCUT2D eigenvalue weighted by molar-refractivity contribution is 5.86. The molecule has 0 heterocycles. The summed E-state index contributed by atoms with van der Waals surface area (Å²) in [4.78, 5) is 11.8. The number of carbonyl (C=O) groups is 1. The third-order valence-corrected chi connectivity index (χ3v) is 3.28. The zero-order valence-electron chi connectivity index (χ0n) is 13.9. The molecule has 24 heavy (non-hydrogen) atoms. The summed E-state index contributed by atoms with van der Waals surface area (Å²) in [5.74, 6) is 1.47. The Morgan fingerprint density at radius 2 is 1.83 bits per heavy atom. The zero-order chi connectivity index (χ0) is 17.4. The van der Waals surface area contributed by atoms with E-state index in [4.69, 9.17) is 14.2 Å². The number of para-hydroxylation sites is 2. The highest BCUT2D eigenvalue weighted by Crippen LogP contribution is 2.29. The monoisotopic (exact) mass is 328 g/mol. The normalized spacial score (nSPS) is 10.5. The third-order valence-electron chi connectivity index (χ3n) is 3.28. The molecule has 2 aromatic rings. The molecule has 126 valence electrons. The van der Waals surface area contributed by atoms with Crippen LogP contribution in [-0.4, -0.2) is 32.9 Å². The van der Waals surface area contributed by atoms with Crippen molar-refractivity contribution in [2.24, 2.45) is 5.10 Å². The van der Waals surface area contributed by atoms with Gasteiger partial charge in [-0.15, -0.1) is 0 Å². The number of rotatable bonds is 7. The molecular formula is C18H20N2O4. The van der Waals surface area contributed by atoms with E-state index in [1.54, 1.807) is 26.4 Å². The molecule has 0 aliphatic rings. The maximum absolute atomic E-state index is 11.8. The number of hydrogen-bond donors (Lipinski definition) is 1. The van der Waals surface area contributed by atoms with E-state index in [2.05, 4.69) is 10.5 Å². The lowest BCUT2D eigenvalue weighted by atomic mass is 10.2. The van der Waals surface area contributed by atoms with Gasteiger partial charge in [0.05, 0.1) is 20.4 Å². The summed E-state index contributed by atoms with van der Waals surface area (Å²) in [6.07, 6.45) is 1.49. The molecule has 0 spiro atoms. The molecule has 0 aliphatic carbocycles. The lowest BCUT2D eigenvalue weighted by Gasteiger charge is -2.09. The number of methoxy groups -OCH3 is 2. The molecule has 0 aliphatic heterocycles. The molecule has 2 aromatic carbocycles. The lowest BCUT2D eigenvalue weighted by Crippen LogP contribution is -2.24. The van der Waals surface area contributed by atoms with Gasteiger partial charge in [0, 0.05) is 5.56 Å². The molecule has 0 radical (unpaired) electrons. The van der Waals surface area contributed by atoms with E-state index < -0.39 is 0 Å². The van der Waals surface area contributed by atoms with Crippen LogP contribution < -0.4 is 19.6 Å². The van der Waals surface area contributed by atoms with Crippen LogP contribution in [0.1, 0.15) is 11.1 Å². The molecule has 2 rings (SSSR count). The average molecular weight is 328 g/mol. The molecule has 0 fully saturated rings. The van der Waals surface area contributed by atoms with Crippen molar-refractivity contribution in [1.82, 2.24) is 5.43 Å². The molecule has 6 heteroatoms. The van der Waals surface area contributed by atoms with Crippen molar-refractivity contribution in [3.63, 3.8) is 0 Å². The number of benzene rings is 2. The van der Waals surface area contributed by atoms with E-state index in [-0.39, 0.29) is 12.5 Å². The zero-order valence-corrected chi connectivity index (χ0v) is 13.9. The molecule has 1 N–H and O–H groups in total. The van der Waals surface area contributed by atoms with Gasteiger partial charge in [-0.25, -0.2) is 5.43 Å². The summed E-state index contributed by atoms with van der Waals surface area (Å²) < 4.78 is 16.0. The van der Waals surface area contributed by atoms with Crippen molar-refractivity contribution in [3.8, 4) is 17.2 Å². The predicted octanol–water partition coefficient (Wildman–Crippen LogP) is 2.54. The second-order valence-corrected chi connectivity index (χ2v) is 4.93. The quantitative estimate of drug-likeness (QED) is 0.626. The lowest BCUT2D eigenvalue weighted by molar-refractivity contribution is -0.123. The van der Waals surface area contributed by atoms with E-state index in [0.29, 0.717) is 22.8 Å². The summed E-state index contributed by atoms with van der Waals surface area (Å²) in [6.45, 7) is 1.80. The summed E-state index contributed by atoms with van der Waals surface area (Å²) in [6, 6.07) is 12.9. The van der Waals surface area contributed by atoms with Gasteiger partial charge in [-0.1, -0.05) is 24.3 Å². The predicted molar refractivity (Wildman–Crippen MR) is 92.0 cm³/mol. The first-order valence-corrected chi connectivity index (χ1v) is 7.37. The number of aryl methyl sites for hydroxylation is 1. The summed E-state index contributed by atoms with van der Waals surface area (Å²) in [7, 11) is 3.10. The van der Waals surface area contributed by atoms with Gasteiger partial charge >= 0.3 is 0 Å². The third kappa shape index (κ3) is 4.49. The Morgan fingerprint density at radius 3 is 2.54 bits per heavy atom. The minimum Gasteiger partial charge on any atom is -0.493 e. The van der Waals surface area contributed by atoms with Crippen LogP contribution in [-0.2, 0) is 4.79 Å². The largest absolute Gasteiger partial charge is 0.493 e. The topological polar surface area (TPSA) is 69.2 Å². The molecule has 0 atom stereocenters. The van der Waals surface area contributed by atoms with Gasteiger partial charge in [0.25, 0.3) is 5.91 Å². The van der Waals surface area contributed by atoms with Crippen molar-refractivity contribution in [1.29, 1.82) is 0 Å². The highest BCUT2D eigenvalue weighted by Gasteiger charge is 2.08. The summed E-state index contributed by atoms with van der Waals surface area (Å²) >= 11 is 0. The Morgan fingerprint density at radius 1 is 1.08 bits per heavy atom. The number of nitrogens with one attached hydrogen (secondary N) is 1. The van der Waals surface area contributed by atoms with E-state index >= 15 is 0 Å². The number of hydrogen-bond acceptors (Lipinski definition) is 5. The second-order valence-electron chi connectivity index (χ2n) is 4.93. The van der Waals surface area contributed by atoms with Crippen molar-refractivity contribution in [3.05, 3.63) is 53.6 Å². The van der Waals surface area contributed by atoms with Crippen LogP contribution in [0, 0.1) is 6.92 Å². The van der Waals surface area contributed by atoms with Crippen LogP contribution >= 0.6 is 0 Å². The van der Waals surface area contributed by atoms with Crippen molar-refractivity contribution < 1.29 is 19.0 Å². The fourth-order valence-corrected chi connectivity index (χ4v) is 2.08. The van der Waals surface area contributed by atoms with Crippen molar-refractivity contribution >= 4 is 12.1 Å². The van der Waals surface area contributed by atoms with Crippen LogP contribution in [0.3, 0.4) is 0 Å². The van der Waals surface area contributed by atoms with Gasteiger partial charge in [-0.05, 0) is 30.7 Å². The smallest absolute Gasteiger partial charge is 0.277 e. The molecule has 0 saturated heterocycles. The van der Waals surface area contributed by atoms with Gasteiger partial charge in [-0.2, -0.15) is 5.10 Å². The number of ether oxygens (including phenoxy) is 3. The average Bonchev–Trinajstić information content (AvgIpc) is 2.60. The SMILES string of the molecule is COc1cccc(/C=N\NC(=O)COc2ccccc2C)c1OC. The minimum absolute atomic E-state index is 0.114. The molecule has 0 bridgehead atoms. The van der Waals surface area contributed by atoms with Gasteiger partial charge in [-0.3, -0.25) is 4.79 Å². The van der Waals surface area contributed by atoms with Gasteiger partial charge in [0.1, 0.15) is 5.75 Å². The first-order chi connectivity index (χ1) is 11.7. The fourth-order valence-electron chi connectivity index (χ4n) is 2.08. The Kier molecular flexibility index (Phi) is 6.19. The van der Waals surface area contributed by atoms with Crippen molar-refractivity contribution in [2.45, 2.75) is 6.92 Å².